The lowest BCUT2D eigenvalue weighted by atomic mass is 11.0. The molecule has 10 heavy (non-hydrogen) atoms. The van der Waals surface area contributed by atoms with Crippen LogP contribution in [0.2, 0.25) is 19.1 Å². The number of halogens is 1. The first-order valence-corrected chi connectivity index (χ1v) is 7.34. The average molecular weight is 186 g/mol. The number of hydrogen-bond acceptors (Lipinski definition) is 3. The minimum absolute atomic E-state index is 0.580. The van der Waals surface area contributed by atoms with E-state index >= 15 is 0 Å². The van der Waals surface area contributed by atoms with E-state index < -0.39 is 18.8 Å². The van der Waals surface area contributed by atoms with Crippen LogP contribution < -0.4 is 0 Å². The first-order chi connectivity index (χ1) is 4.27. The van der Waals surface area contributed by atoms with Gasteiger partial charge in [-0.15, -0.1) is 0 Å². The van der Waals surface area contributed by atoms with Crippen LogP contribution in [0.15, 0.2) is 0 Å². The molecule has 0 amide bonds. The van der Waals surface area contributed by atoms with Gasteiger partial charge in [-0.05, 0) is 19.1 Å². The molecule has 0 aliphatic rings. The van der Waals surface area contributed by atoms with Crippen molar-refractivity contribution in [1.82, 2.24) is 0 Å². The largest absolute Gasteiger partial charge is 0.427 e. The topological polar surface area (TPSA) is 43.4 Å². The van der Waals surface area contributed by atoms with Crippen molar-refractivity contribution in [3.63, 3.8) is 0 Å². The zero-order chi connectivity index (χ0) is 8.41. The first kappa shape index (κ1) is 10.1. The van der Waals surface area contributed by atoms with Crippen LogP contribution in [0.4, 0.5) is 3.89 Å². The molecule has 0 N–H and O–H groups in total. The van der Waals surface area contributed by atoms with E-state index in [1.54, 1.807) is 20.0 Å². The summed E-state index contributed by atoms with van der Waals surface area (Å²) in [6.45, 7) is 5.06. The van der Waals surface area contributed by atoms with E-state index in [-0.39, 0.29) is 0 Å². The summed E-state index contributed by atoms with van der Waals surface area (Å²) in [7, 11) is -7.01. The van der Waals surface area contributed by atoms with E-state index in [2.05, 4.69) is 3.87 Å². The Morgan fingerprint density at radius 2 is 1.90 bits per heavy atom. The van der Waals surface area contributed by atoms with E-state index in [1.807, 2.05) is 0 Å². The van der Waals surface area contributed by atoms with E-state index in [9.17, 15) is 12.3 Å². The maximum Gasteiger partial charge on any atom is 0.427 e. The van der Waals surface area contributed by atoms with Gasteiger partial charge in [-0.3, -0.25) is 3.87 Å². The van der Waals surface area contributed by atoms with Gasteiger partial charge in [-0.25, -0.2) is 0 Å². The molecule has 0 saturated carbocycles. The monoisotopic (exact) mass is 186 g/mol. The molecule has 0 radical (unpaired) electrons. The van der Waals surface area contributed by atoms with Gasteiger partial charge in [-0.1, -0.05) is 10.8 Å². The lowest BCUT2D eigenvalue weighted by Gasteiger charge is -2.15. The third-order valence-corrected chi connectivity index (χ3v) is 5.48. The van der Waals surface area contributed by atoms with Crippen molar-refractivity contribution < 1.29 is 16.2 Å². The fourth-order valence-electron chi connectivity index (χ4n) is 0.328. The van der Waals surface area contributed by atoms with Gasteiger partial charge < -0.3 is 0 Å². The molecular formula is C4H11FO3SSi. The highest BCUT2D eigenvalue weighted by Gasteiger charge is 2.27. The molecule has 0 aliphatic carbocycles. The highest BCUT2D eigenvalue weighted by atomic mass is 32.3. The van der Waals surface area contributed by atoms with Crippen LogP contribution in [-0.2, 0) is 14.4 Å². The zero-order valence-corrected chi connectivity index (χ0v) is 8.03. The van der Waals surface area contributed by atoms with Gasteiger partial charge in [0.2, 0.25) is 8.32 Å². The summed E-state index contributed by atoms with van der Waals surface area (Å²) in [6, 6.07) is 0.580. The van der Waals surface area contributed by atoms with Crippen molar-refractivity contribution in [1.29, 1.82) is 0 Å². The second kappa shape index (κ2) is 2.98. The Bertz CT molecular complexity index is 199. The van der Waals surface area contributed by atoms with Crippen LogP contribution in [0.3, 0.4) is 0 Å². The summed E-state index contributed by atoms with van der Waals surface area (Å²) >= 11 is 0. The molecule has 0 aromatic carbocycles. The summed E-state index contributed by atoms with van der Waals surface area (Å²) in [5.74, 6) is 0. The maximum absolute atomic E-state index is 11.9. The third kappa shape index (κ3) is 4.89. The summed E-state index contributed by atoms with van der Waals surface area (Å²) in [5.41, 5.74) is 0. The van der Waals surface area contributed by atoms with Gasteiger partial charge in [0.15, 0.2) is 0 Å². The van der Waals surface area contributed by atoms with Crippen LogP contribution >= 0.6 is 0 Å². The van der Waals surface area contributed by atoms with Gasteiger partial charge in [0, 0.05) is 0 Å². The second-order valence-electron chi connectivity index (χ2n) is 2.59. The molecule has 0 saturated heterocycles. The molecule has 0 fully saturated rings. The molecular weight excluding hydrogens is 175 g/mol. The maximum atomic E-state index is 11.9. The molecule has 0 heterocycles. The van der Waals surface area contributed by atoms with Gasteiger partial charge in [-0.2, -0.15) is 8.42 Å². The van der Waals surface area contributed by atoms with Gasteiger partial charge in [0.05, 0.1) is 0 Å². The molecule has 0 rings (SSSR count). The van der Waals surface area contributed by atoms with E-state index in [4.69, 9.17) is 0 Å². The van der Waals surface area contributed by atoms with E-state index in [0.717, 1.165) is 0 Å². The minimum Gasteiger partial charge on any atom is -0.291 e. The normalized spacial score (nSPS) is 13.6. The Kier molecular flexibility index (Phi) is 2.99. The smallest absolute Gasteiger partial charge is 0.291 e. The predicted molar refractivity (Wildman–Crippen MR) is 39.1 cm³/mol. The molecule has 3 nitrogen and oxygen atoms in total. The predicted octanol–water partition coefficient (Wildman–Crippen LogP) is 1.44. The van der Waals surface area contributed by atoms with E-state index in [1.165, 1.54) is 0 Å². The second-order valence-corrected chi connectivity index (χ2v) is 8.27. The zero-order valence-electron chi connectivity index (χ0n) is 6.22. The quantitative estimate of drug-likeness (QED) is 0.495. The third-order valence-electron chi connectivity index (χ3n) is 1.18. The SMILES string of the molecule is CC[Si](C)(C)OS(=O)(=O)F. The lowest BCUT2D eigenvalue weighted by molar-refractivity contribution is 0.436. The number of rotatable bonds is 3. The fourth-order valence-corrected chi connectivity index (χ4v) is 2.96. The molecule has 0 aliphatic heterocycles. The molecule has 0 unspecified atom stereocenters. The Morgan fingerprint density at radius 1 is 1.50 bits per heavy atom. The molecule has 62 valence electrons. The van der Waals surface area contributed by atoms with Crippen molar-refractivity contribution in [2.45, 2.75) is 26.1 Å². The summed E-state index contributed by atoms with van der Waals surface area (Å²) in [6.07, 6.45) is 0. The van der Waals surface area contributed by atoms with E-state index in [0.29, 0.717) is 6.04 Å². The molecule has 6 heteroatoms. The lowest BCUT2D eigenvalue weighted by Crippen LogP contribution is -2.30. The summed E-state index contributed by atoms with van der Waals surface area (Å²) in [5, 5.41) is 0. The van der Waals surface area contributed by atoms with Crippen molar-refractivity contribution >= 4 is 18.8 Å². The Morgan fingerprint density at radius 3 is 2.00 bits per heavy atom. The summed E-state index contributed by atoms with van der Waals surface area (Å²) < 4.78 is 36.0. The van der Waals surface area contributed by atoms with Crippen LogP contribution in [0.5, 0.6) is 0 Å². The Hall–Kier alpha value is 0.0569. The molecule has 0 atom stereocenters. The van der Waals surface area contributed by atoms with Gasteiger partial charge in [0.25, 0.3) is 0 Å². The Labute approximate surface area is 61.7 Å². The van der Waals surface area contributed by atoms with Crippen molar-refractivity contribution in [2.24, 2.45) is 0 Å². The summed E-state index contributed by atoms with van der Waals surface area (Å²) in [4.78, 5) is 0. The molecule has 0 aromatic heterocycles. The highest BCUT2D eigenvalue weighted by molar-refractivity contribution is 7.82. The molecule has 0 spiro atoms. The van der Waals surface area contributed by atoms with Crippen molar-refractivity contribution in [2.75, 3.05) is 0 Å². The first-order valence-electron chi connectivity index (χ1n) is 2.92. The molecule has 0 bridgehead atoms. The number of hydrogen-bond donors (Lipinski definition) is 0. The van der Waals surface area contributed by atoms with Crippen LogP contribution in [0.1, 0.15) is 6.92 Å². The average Bonchev–Trinajstić information content (AvgIpc) is 1.60. The van der Waals surface area contributed by atoms with Gasteiger partial charge in [0.1, 0.15) is 0 Å². The van der Waals surface area contributed by atoms with Crippen LogP contribution in [-0.4, -0.2) is 16.7 Å². The van der Waals surface area contributed by atoms with Crippen LogP contribution in [0, 0.1) is 0 Å². The fraction of sp³-hybridized carbons (Fsp3) is 1.00. The highest BCUT2D eigenvalue weighted by Crippen LogP contribution is 2.13. The van der Waals surface area contributed by atoms with Crippen LogP contribution in [0.25, 0.3) is 0 Å². The molecule has 0 aromatic rings. The van der Waals surface area contributed by atoms with Crippen molar-refractivity contribution in [3.05, 3.63) is 0 Å². The minimum atomic E-state index is -4.73. The van der Waals surface area contributed by atoms with Gasteiger partial charge >= 0.3 is 10.5 Å². The van der Waals surface area contributed by atoms with Crippen molar-refractivity contribution in [3.8, 4) is 0 Å². The standard InChI is InChI=1S/C4H11FO3SSi/c1-4-10(2,3)8-9(5,6)7/h4H2,1-3H3. The Balaban J connectivity index is 4.16.